The van der Waals surface area contributed by atoms with Gasteiger partial charge in [-0.1, -0.05) is 30.3 Å². The lowest BCUT2D eigenvalue weighted by Crippen LogP contribution is -2.26. The molecule has 104 valence electrons. The van der Waals surface area contributed by atoms with E-state index in [4.69, 9.17) is 5.73 Å². The van der Waals surface area contributed by atoms with Gasteiger partial charge in [-0.25, -0.2) is 0 Å². The molecule has 3 nitrogen and oxygen atoms in total. The minimum atomic E-state index is -0.299. The van der Waals surface area contributed by atoms with Crippen molar-refractivity contribution in [1.82, 2.24) is 4.57 Å². The van der Waals surface area contributed by atoms with E-state index in [0.29, 0.717) is 0 Å². The molecule has 3 rings (SSSR count). The van der Waals surface area contributed by atoms with Gasteiger partial charge in [0, 0.05) is 11.4 Å². The van der Waals surface area contributed by atoms with Gasteiger partial charge in [-0.05, 0) is 49.8 Å². The van der Waals surface area contributed by atoms with E-state index < -0.39 is 0 Å². The molecule has 0 fully saturated rings. The van der Waals surface area contributed by atoms with E-state index in [2.05, 4.69) is 22.8 Å². The number of carbonyl (C=O) groups excluding carboxylic acids is 1. The van der Waals surface area contributed by atoms with Gasteiger partial charge in [0.15, 0.2) is 0 Å². The molecule has 3 heteroatoms. The minimum Gasteiger partial charge on any atom is -0.368 e. The molecule has 0 saturated heterocycles. The predicted octanol–water partition coefficient (Wildman–Crippen LogP) is 3.08. The van der Waals surface area contributed by atoms with Gasteiger partial charge in [-0.3, -0.25) is 4.79 Å². The lowest BCUT2D eigenvalue weighted by molar-refractivity contribution is -0.120. The topological polar surface area (TPSA) is 48.0 Å². The van der Waals surface area contributed by atoms with Crippen LogP contribution in [0, 0.1) is 0 Å². The molecule has 0 bridgehead atoms. The fourth-order valence-electron chi connectivity index (χ4n) is 3.12. The first-order valence-electron chi connectivity index (χ1n) is 7.26. The average molecular weight is 268 g/mol. The van der Waals surface area contributed by atoms with Crippen LogP contribution in [0.1, 0.15) is 37.1 Å². The third kappa shape index (κ3) is 2.13. The first kappa shape index (κ1) is 13.0. The highest BCUT2D eigenvalue weighted by Crippen LogP contribution is 2.33. The van der Waals surface area contributed by atoms with Gasteiger partial charge < -0.3 is 10.3 Å². The van der Waals surface area contributed by atoms with E-state index in [9.17, 15) is 4.79 Å². The molecule has 0 saturated carbocycles. The van der Waals surface area contributed by atoms with Crippen LogP contribution in [0.2, 0.25) is 0 Å². The van der Waals surface area contributed by atoms with Gasteiger partial charge in [0.05, 0.1) is 0 Å². The normalized spacial score (nSPS) is 15.7. The molecule has 20 heavy (non-hydrogen) atoms. The summed E-state index contributed by atoms with van der Waals surface area (Å²) in [7, 11) is 0. The van der Waals surface area contributed by atoms with Crippen LogP contribution in [0.5, 0.6) is 0 Å². The molecule has 1 amide bonds. The van der Waals surface area contributed by atoms with Crippen LogP contribution >= 0.6 is 0 Å². The third-order valence-electron chi connectivity index (χ3n) is 4.21. The number of aromatic nitrogens is 1. The second kappa shape index (κ2) is 5.16. The second-order valence-corrected chi connectivity index (χ2v) is 5.52. The minimum absolute atomic E-state index is 0.272. The molecular formula is C17H20N2O. The number of nitrogens with two attached hydrogens (primary N) is 1. The summed E-state index contributed by atoms with van der Waals surface area (Å²) in [5.41, 5.74) is 10.5. The van der Waals surface area contributed by atoms with E-state index in [0.717, 1.165) is 24.1 Å². The number of fused-ring (bicyclic) bond motifs is 1. The highest BCUT2D eigenvalue weighted by molar-refractivity contribution is 5.79. The van der Waals surface area contributed by atoms with E-state index in [-0.39, 0.29) is 11.9 Å². The molecule has 1 atom stereocenters. The monoisotopic (exact) mass is 268 g/mol. The Hall–Kier alpha value is -2.03. The van der Waals surface area contributed by atoms with Crippen LogP contribution in [0.3, 0.4) is 0 Å². The van der Waals surface area contributed by atoms with Gasteiger partial charge in [0.1, 0.15) is 6.04 Å². The number of amides is 1. The van der Waals surface area contributed by atoms with Gasteiger partial charge in [0.25, 0.3) is 0 Å². The molecular weight excluding hydrogens is 248 g/mol. The number of primary amides is 1. The van der Waals surface area contributed by atoms with Crippen molar-refractivity contribution in [3.05, 3.63) is 47.7 Å². The average Bonchev–Trinajstić information content (AvgIpc) is 2.86. The Labute approximate surface area is 119 Å². The number of carbonyl (C=O) groups is 1. The summed E-state index contributed by atoms with van der Waals surface area (Å²) in [5, 5.41) is 0. The van der Waals surface area contributed by atoms with Gasteiger partial charge in [-0.15, -0.1) is 0 Å². The summed E-state index contributed by atoms with van der Waals surface area (Å²) in [4.78, 5) is 11.7. The van der Waals surface area contributed by atoms with Crippen molar-refractivity contribution in [2.45, 2.75) is 38.6 Å². The van der Waals surface area contributed by atoms with Gasteiger partial charge in [-0.2, -0.15) is 0 Å². The highest BCUT2D eigenvalue weighted by Gasteiger charge is 2.24. The van der Waals surface area contributed by atoms with Crippen LogP contribution in [0.4, 0.5) is 0 Å². The molecule has 0 spiro atoms. The number of aryl methyl sites for hydroxylation is 1. The highest BCUT2D eigenvalue weighted by atomic mass is 16.1. The molecule has 0 aliphatic heterocycles. The third-order valence-corrected chi connectivity index (χ3v) is 4.21. The van der Waals surface area contributed by atoms with E-state index in [1.807, 2.05) is 25.1 Å². The Morgan fingerprint density at radius 3 is 2.60 bits per heavy atom. The summed E-state index contributed by atoms with van der Waals surface area (Å²) >= 11 is 0. The summed E-state index contributed by atoms with van der Waals surface area (Å²) in [5.74, 6) is -0.272. The largest absolute Gasteiger partial charge is 0.368 e. The Bertz CT molecular complexity index is 628. The fraction of sp³-hybridized carbons (Fsp3) is 0.353. The Balaban J connectivity index is 2.18. The smallest absolute Gasteiger partial charge is 0.240 e. The second-order valence-electron chi connectivity index (χ2n) is 5.52. The number of benzene rings is 1. The Kier molecular flexibility index (Phi) is 3.35. The van der Waals surface area contributed by atoms with Crippen LogP contribution in [-0.4, -0.2) is 10.5 Å². The van der Waals surface area contributed by atoms with E-state index in [1.165, 1.54) is 24.1 Å². The van der Waals surface area contributed by atoms with Crippen LogP contribution in [0.15, 0.2) is 36.4 Å². The quantitative estimate of drug-likeness (QED) is 0.913. The molecule has 1 aromatic heterocycles. The lowest BCUT2D eigenvalue weighted by atomic mass is 9.97. The van der Waals surface area contributed by atoms with Gasteiger partial charge >= 0.3 is 0 Å². The SMILES string of the molecule is C[C@H](C(N)=O)n1c(-c2ccccc2)cc2c1CCCC2. The van der Waals surface area contributed by atoms with Crippen molar-refractivity contribution in [2.75, 3.05) is 0 Å². The van der Waals surface area contributed by atoms with Crippen molar-refractivity contribution >= 4 is 5.91 Å². The maximum Gasteiger partial charge on any atom is 0.240 e. The Morgan fingerprint density at radius 2 is 1.90 bits per heavy atom. The fourth-order valence-corrected chi connectivity index (χ4v) is 3.12. The van der Waals surface area contributed by atoms with Crippen LogP contribution in [0.25, 0.3) is 11.3 Å². The number of nitrogens with zero attached hydrogens (tertiary/aromatic N) is 1. The maximum absolute atomic E-state index is 11.7. The van der Waals surface area contributed by atoms with Crippen molar-refractivity contribution in [3.63, 3.8) is 0 Å². The molecule has 1 aromatic carbocycles. The molecule has 1 aliphatic carbocycles. The lowest BCUT2D eigenvalue weighted by Gasteiger charge is -2.21. The van der Waals surface area contributed by atoms with Crippen molar-refractivity contribution in [1.29, 1.82) is 0 Å². The van der Waals surface area contributed by atoms with Crippen molar-refractivity contribution in [3.8, 4) is 11.3 Å². The van der Waals surface area contributed by atoms with Crippen LogP contribution < -0.4 is 5.73 Å². The van der Waals surface area contributed by atoms with Crippen molar-refractivity contribution < 1.29 is 4.79 Å². The Morgan fingerprint density at radius 1 is 1.20 bits per heavy atom. The standard InChI is InChI=1S/C17H20N2O/c1-12(17(18)20)19-15-10-6-5-9-14(15)11-16(19)13-7-3-2-4-8-13/h2-4,7-8,11-12H,5-6,9-10H2,1H3,(H2,18,20)/t12-/m1/s1. The zero-order valence-electron chi connectivity index (χ0n) is 11.8. The first-order valence-corrected chi connectivity index (χ1v) is 7.26. The summed E-state index contributed by atoms with van der Waals surface area (Å²) < 4.78 is 2.14. The summed E-state index contributed by atoms with van der Waals surface area (Å²) in [6.07, 6.45) is 4.57. The maximum atomic E-state index is 11.7. The summed E-state index contributed by atoms with van der Waals surface area (Å²) in [6, 6.07) is 12.2. The van der Waals surface area contributed by atoms with Gasteiger partial charge in [0.2, 0.25) is 5.91 Å². The molecule has 0 unspecified atom stereocenters. The number of hydrogen-bond donors (Lipinski definition) is 1. The molecule has 1 heterocycles. The molecule has 2 N–H and O–H groups in total. The molecule has 1 aliphatic rings. The van der Waals surface area contributed by atoms with E-state index >= 15 is 0 Å². The number of hydrogen-bond acceptors (Lipinski definition) is 1. The van der Waals surface area contributed by atoms with E-state index in [1.54, 1.807) is 0 Å². The first-order chi connectivity index (χ1) is 9.68. The zero-order valence-corrected chi connectivity index (χ0v) is 11.8. The molecule has 2 aromatic rings. The predicted molar refractivity (Wildman–Crippen MR) is 80.4 cm³/mol. The van der Waals surface area contributed by atoms with Crippen LogP contribution in [-0.2, 0) is 17.6 Å². The molecule has 0 radical (unpaired) electrons. The number of rotatable bonds is 3. The summed E-state index contributed by atoms with van der Waals surface area (Å²) in [6.45, 7) is 1.89. The van der Waals surface area contributed by atoms with Crippen molar-refractivity contribution in [2.24, 2.45) is 5.73 Å². The zero-order chi connectivity index (χ0) is 14.1.